The molecule has 0 unspecified atom stereocenters. The Morgan fingerprint density at radius 3 is 1.95 bits per heavy atom. The first-order valence-electron chi connectivity index (χ1n) is 8.03. The fourth-order valence-corrected chi connectivity index (χ4v) is 5.12. The number of nitrogens with zero attached hydrogens (tertiary/aromatic N) is 4. The molecule has 4 heterocycles. The Balaban J connectivity index is 1.29. The topological polar surface area (TPSA) is 32.3 Å². The summed E-state index contributed by atoms with van der Waals surface area (Å²) in [5.74, 6) is 0. The SMILES string of the molecule is c1csc(CN2CCC3(CC2)CCN(Cc2nccs2)C3)n1. The predicted molar refractivity (Wildman–Crippen MR) is 91.1 cm³/mol. The van der Waals surface area contributed by atoms with Crippen LogP contribution in [0.15, 0.2) is 23.2 Å². The fraction of sp³-hybridized carbons (Fsp3) is 0.625. The van der Waals surface area contributed by atoms with Crippen molar-refractivity contribution in [3.05, 3.63) is 33.2 Å². The molecule has 2 fully saturated rings. The molecule has 0 atom stereocenters. The second-order valence-electron chi connectivity index (χ2n) is 6.59. The van der Waals surface area contributed by atoms with E-state index in [9.17, 15) is 0 Å². The van der Waals surface area contributed by atoms with E-state index in [0.717, 1.165) is 13.1 Å². The normalized spacial score (nSPS) is 22.5. The van der Waals surface area contributed by atoms with Crippen molar-refractivity contribution in [1.82, 2.24) is 19.8 Å². The van der Waals surface area contributed by atoms with Gasteiger partial charge in [-0.05, 0) is 44.3 Å². The van der Waals surface area contributed by atoms with Gasteiger partial charge in [0, 0.05) is 29.7 Å². The maximum Gasteiger partial charge on any atom is 0.107 e. The van der Waals surface area contributed by atoms with Crippen molar-refractivity contribution in [3.8, 4) is 0 Å². The van der Waals surface area contributed by atoms with Gasteiger partial charge in [0.1, 0.15) is 10.0 Å². The lowest BCUT2D eigenvalue weighted by Gasteiger charge is -2.39. The van der Waals surface area contributed by atoms with Crippen molar-refractivity contribution in [2.45, 2.75) is 32.4 Å². The summed E-state index contributed by atoms with van der Waals surface area (Å²) in [6.45, 7) is 7.04. The predicted octanol–water partition coefficient (Wildman–Crippen LogP) is 3.09. The summed E-state index contributed by atoms with van der Waals surface area (Å²) in [6.07, 6.45) is 7.88. The van der Waals surface area contributed by atoms with Gasteiger partial charge in [-0.1, -0.05) is 0 Å². The molecule has 2 aliphatic heterocycles. The quantitative estimate of drug-likeness (QED) is 0.860. The van der Waals surface area contributed by atoms with Gasteiger partial charge in [0.15, 0.2) is 0 Å². The third-order valence-corrected chi connectivity index (χ3v) is 6.65. The van der Waals surface area contributed by atoms with Crippen molar-refractivity contribution in [3.63, 3.8) is 0 Å². The highest BCUT2D eigenvalue weighted by molar-refractivity contribution is 7.09. The molecular formula is C16H22N4S2. The molecule has 0 amide bonds. The second kappa shape index (κ2) is 6.35. The Hall–Kier alpha value is -0.820. The van der Waals surface area contributed by atoms with Gasteiger partial charge in [0.2, 0.25) is 0 Å². The van der Waals surface area contributed by atoms with Gasteiger partial charge >= 0.3 is 0 Å². The maximum atomic E-state index is 4.43. The van der Waals surface area contributed by atoms with Crippen molar-refractivity contribution in [2.75, 3.05) is 26.2 Å². The van der Waals surface area contributed by atoms with E-state index in [4.69, 9.17) is 0 Å². The summed E-state index contributed by atoms with van der Waals surface area (Å²) in [4.78, 5) is 14.0. The van der Waals surface area contributed by atoms with E-state index in [2.05, 4.69) is 30.5 Å². The molecular weight excluding hydrogens is 312 g/mol. The zero-order chi connectivity index (χ0) is 14.8. The molecule has 0 aliphatic carbocycles. The van der Waals surface area contributed by atoms with Crippen LogP contribution < -0.4 is 0 Å². The Labute approximate surface area is 139 Å². The summed E-state index contributed by atoms with van der Waals surface area (Å²) in [5, 5.41) is 6.68. The van der Waals surface area contributed by atoms with E-state index in [1.807, 2.05) is 12.4 Å². The van der Waals surface area contributed by atoms with Crippen molar-refractivity contribution in [1.29, 1.82) is 0 Å². The van der Waals surface area contributed by atoms with Crippen LogP contribution >= 0.6 is 22.7 Å². The van der Waals surface area contributed by atoms with E-state index in [-0.39, 0.29) is 0 Å². The number of hydrogen-bond acceptors (Lipinski definition) is 6. The Morgan fingerprint density at radius 1 is 0.864 bits per heavy atom. The highest BCUT2D eigenvalue weighted by Crippen LogP contribution is 2.41. The number of piperidine rings is 1. The first kappa shape index (κ1) is 14.8. The standard InChI is InChI=1S/C16H22N4S2/c1-6-19(11-14-17-4-9-21-14)7-2-16(1)3-8-20(13-16)12-15-18-5-10-22-15/h4-5,9-10H,1-3,6-8,11-13H2. The highest BCUT2D eigenvalue weighted by atomic mass is 32.1. The lowest BCUT2D eigenvalue weighted by atomic mass is 9.78. The van der Waals surface area contributed by atoms with Crippen LogP contribution in [-0.4, -0.2) is 45.9 Å². The summed E-state index contributed by atoms with van der Waals surface area (Å²) < 4.78 is 0. The van der Waals surface area contributed by atoms with E-state index < -0.39 is 0 Å². The van der Waals surface area contributed by atoms with Crippen LogP contribution in [0.25, 0.3) is 0 Å². The zero-order valence-corrected chi connectivity index (χ0v) is 14.4. The monoisotopic (exact) mass is 334 g/mol. The molecule has 2 aromatic rings. The van der Waals surface area contributed by atoms with Crippen LogP contribution in [0.3, 0.4) is 0 Å². The Morgan fingerprint density at radius 2 is 1.41 bits per heavy atom. The van der Waals surface area contributed by atoms with E-state index >= 15 is 0 Å². The summed E-state index contributed by atoms with van der Waals surface area (Å²) in [7, 11) is 0. The summed E-state index contributed by atoms with van der Waals surface area (Å²) in [6, 6.07) is 0. The van der Waals surface area contributed by atoms with Gasteiger partial charge in [-0.2, -0.15) is 0 Å². The first-order valence-corrected chi connectivity index (χ1v) is 9.79. The van der Waals surface area contributed by atoms with Gasteiger partial charge in [0.05, 0.1) is 13.1 Å². The third kappa shape index (κ3) is 3.25. The van der Waals surface area contributed by atoms with Crippen LogP contribution in [0.4, 0.5) is 0 Å². The zero-order valence-electron chi connectivity index (χ0n) is 12.8. The molecule has 4 rings (SSSR count). The van der Waals surface area contributed by atoms with Crippen LogP contribution in [0.2, 0.25) is 0 Å². The molecule has 0 radical (unpaired) electrons. The van der Waals surface area contributed by atoms with E-state index in [1.54, 1.807) is 22.7 Å². The van der Waals surface area contributed by atoms with Crippen LogP contribution in [0, 0.1) is 5.41 Å². The molecule has 2 aliphatic rings. The molecule has 118 valence electrons. The Bertz CT molecular complexity index is 573. The molecule has 0 N–H and O–H groups in total. The smallest absolute Gasteiger partial charge is 0.107 e. The second-order valence-corrected chi connectivity index (χ2v) is 8.55. The molecule has 22 heavy (non-hydrogen) atoms. The van der Waals surface area contributed by atoms with Crippen LogP contribution in [0.5, 0.6) is 0 Å². The van der Waals surface area contributed by atoms with Crippen molar-refractivity contribution in [2.24, 2.45) is 5.41 Å². The molecule has 1 spiro atoms. The van der Waals surface area contributed by atoms with Crippen molar-refractivity contribution < 1.29 is 0 Å². The number of hydrogen-bond donors (Lipinski definition) is 0. The number of rotatable bonds is 4. The average molecular weight is 335 g/mol. The average Bonchev–Trinajstić information content (AvgIpc) is 3.26. The van der Waals surface area contributed by atoms with Gasteiger partial charge in [-0.3, -0.25) is 9.80 Å². The van der Waals surface area contributed by atoms with Gasteiger partial charge in [-0.25, -0.2) is 9.97 Å². The number of likely N-dealkylation sites (tertiary alicyclic amines) is 2. The molecule has 2 aromatic heterocycles. The van der Waals surface area contributed by atoms with E-state index in [1.165, 1.54) is 55.5 Å². The number of thiazole rings is 2. The van der Waals surface area contributed by atoms with Crippen LogP contribution in [0.1, 0.15) is 29.3 Å². The first-order chi connectivity index (χ1) is 10.8. The molecule has 0 aromatic carbocycles. The summed E-state index contributed by atoms with van der Waals surface area (Å²) in [5.41, 5.74) is 0.566. The van der Waals surface area contributed by atoms with Crippen LogP contribution in [-0.2, 0) is 13.1 Å². The van der Waals surface area contributed by atoms with E-state index in [0.29, 0.717) is 5.41 Å². The fourth-order valence-electron chi connectivity index (χ4n) is 3.80. The van der Waals surface area contributed by atoms with Gasteiger partial charge in [-0.15, -0.1) is 22.7 Å². The highest BCUT2D eigenvalue weighted by Gasteiger charge is 2.40. The maximum absolute atomic E-state index is 4.43. The Kier molecular flexibility index (Phi) is 4.26. The molecule has 6 heteroatoms. The summed E-state index contributed by atoms with van der Waals surface area (Å²) >= 11 is 3.56. The number of aromatic nitrogens is 2. The lowest BCUT2D eigenvalue weighted by Crippen LogP contribution is -2.41. The minimum absolute atomic E-state index is 0.566. The van der Waals surface area contributed by atoms with Crippen molar-refractivity contribution >= 4 is 22.7 Å². The molecule has 0 saturated carbocycles. The molecule has 4 nitrogen and oxygen atoms in total. The third-order valence-electron chi connectivity index (χ3n) is 5.12. The minimum atomic E-state index is 0.566. The van der Waals surface area contributed by atoms with Gasteiger partial charge in [0.25, 0.3) is 0 Å². The lowest BCUT2D eigenvalue weighted by molar-refractivity contribution is 0.102. The molecule has 0 bridgehead atoms. The largest absolute Gasteiger partial charge is 0.297 e. The van der Waals surface area contributed by atoms with Gasteiger partial charge < -0.3 is 0 Å². The molecule has 2 saturated heterocycles. The minimum Gasteiger partial charge on any atom is -0.297 e.